The van der Waals surface area contributed by atoms with Gasteiger partial charge in [-0.15, -0.1) is 0 Å². The molecule has 10 N–H and O–H groups in total. The van der Waals surface area contributed by atoms with Gasteiger partial charge in [0.15, 0.2) is 0 Å². The summed E-state index contributed by atoms with van der Waals surface area (Å²) in [6.45, 7) is 1.26. The van der Waals surface area contributed by atoms with Crippen molar-refractivity contribution in [1.82, 2.24) is 16.0 Å². The standard InChI is InChI=1S/C15H23N5O10/c1-5(16)12(26)18-6(3-10(22)23)13(27)19-7(4-11(24)25)14(28)20-8(15(29)30)2-9(17)21/h5-8H,2-4,16H2,1H3,(H2,17,21)(H,18,26)(H,19,27)(H,20,28)(H,22,23)(H,24,25)(H,29,30). The number of carboxylic acid groups (broad SMARTS) is 3. The Balaban J connectivity index is 5.50. The number of nitrogens with one attached hydrogen (secondary N) is 3. The van der Waals surface area contributed by atoms with Crippen molar-refractivity contribution in [2.45, 2.75) is 50.4 Å². The van der Waals surface area contributed by atoms with Gasteiger partial charge in [0, 0.05) is 0 Å². The van der Waals surface area contributed by atoms with Gasteiger partial charge < -0.3 is 42.7 Å². The van der Waals surface area contributed by atoms with E-state index >= 15 is 0 Å². The largest absolute Gasteiger partial charge is 0.481 e. The third-order valence-electron chi connectivity index (χ3n) is 3.46. The Hall–Kier alpha value is -3.75. The Labute approximate surface area is 169 Å². The summed E-state index contributed by atoms with van der Waals surface area (Å²) in [5.74, 6) is -9.17. The number of carboxylic acids is 3. The van der Waals surface area contributed by atoms with Crippen molar-refractivity contribution in [2.75, 3.05) is 0 Å². The molecule has 0 rings (SSSR count). The molecule has 168 valence electrons. The Morgan fingerprint density at radius 2 is 1.07 bits per heavy atom. The zero-order chi connectivity index (χ0) is 23.6. The topological polar surface area (TPSA) is 268 Å². The van der Waals surface area contributed by atoms with E-state index in [1.165, 1.54) is 6.92 Å². The molecule has 15 heteroatoms. The molecule has 0 heterocycles. The van der Waals surface area contributed by atoms with Gasteiger partial charge in [-0.2, -0.15) is 0 Å². The van der Waals surface area contributed by atoms with Crippen molar-refractivity contribution >= 4 is 41.5 Å². The molecule has 4 unspecified atom stereocenters. The van der Waals surface area contributed by atoms with Crippen molar-refractivity contribution in [3.63, 3.8) is 0 Å². The molecule has 0 aliphatic heterocycles. The average molecular weight is 433 g/mol. The minimum absolute atomic E-state index is 0.805. The fourth-order valence-electron chi connectivity index (χ4n) is 2.02. The second kappa shape index (κ2) is 11.9. The molecule has 0 aromatic carbocycles. The van der Waals surface area contributed by atoms with Crippen LogP contribution in [0.5, 0.6) is 0 Å². The summed E-state index contributed by atoms with van der Waals surface area (Å²) in [5.41, 5.74) is 10.2. The van der Waals surface area contributed by atoms with E-state index in [0.29, 0.717) is 0 Å². The molecule has 0 saturated carbocycles. The SMILES string of the molecule is CC(N)C(=O)NC(CC(=O)O)C(=O)NC(CC(=O)O)C(=O)NC(CC(N)=O)C(=O)O. The van der Waals surface area contributed by atoms with Gasteiger partial charge in [-0.3, -0.25) is 28.8 Å². The van der Waals surface area contributed by atoms with E-state index in [0.717, 1.165) is 0 Å². The zero-order valence-electron chi connectivity index (χ0n) is 15.8. The zero-order valence-corrected chi connectivity index (χ0v) is 15.8. The van der Waals surface area contributed by atoms with Crippen LogP contribution in [0.4, 0.5) is 0 Å². The first-order valence-corrected chi connectivity index (χ1v) is 8.36. The Morgan fingerprint density at radius 1 is 0.700 bits per heavy atom. The summed E-state index contributed by atoms with van der Waals surface area (Å²) in [6.07, 6.45) is -2.73. The van der Waals surface area contributed by atoms with Crippen molar-refractivity contribution in [3.05, 3.63) is 0 Å². The Bertz CT molecular complexity index is 723. The lowest BCUT2D eigenvalue weighted by molar-refractivity contribution is -0.145. The lowest BCUT2D eigenvalue weighted by atomic mass is 10.1. The van der Waals surface area contributed by atoms with Gasteiger partial charge in [-0.05, 0) is 6.92 Å². The first-order chi connectivity index (χ1) is 13.7. The molecule has 15 nitrogen and oxygen atoms in total. The highest BCUT2D eigenvalue weighted by molar-refractivity contribution is 5.97. The number of nitrogens with two attached hydrogens (primary N) is 2. The van der Waals surface area contributed by atoms with Gasteiger partial charge in [0.1, 0.15) is 18.1 Å². The van der Waals surface area contributed by atoms with Crippen LogP contribution in [0.2, 0.25) is 0 Å². The third-order valence-corrected chi connectivity index (χ3v) is 3.46. The highest BCUT2D eigenvalue weighted by atomic mass is 16.4. The van der Waals surface area contributed by atoms with Crippen LogP contribution in [-0.2, 0) is 33.6 Å². The van der Waals surface area contributed by atoms with Gasteiger partial charge in [0.05, 0.1) is 25.3 Å². The van der Waals surface area contributed by atoms with Crippen LogP contribution >= 0.6 is 0 Å². The van der Waals surface area contributed by atoms with Gasteiger partial charge in [0.25, 0.3) is 0 Å². The smallest absolute Gasteiger partial charge is 0.326 e. The normalized spacial score (nSPS) is 14.3. The Kier molecular flexibility index (Phi) is 10.5. The van der Waals surface area contributed by atoms with E-state index in [2.05, 4.69) is 0 Å². The number of hydrogen-bond acceptors (Lipinski definition) is 8. The molecule has 0 aromatic rings. The molecule has 0 saturated heterocycles. The molecular formula is C15H23N5O10. The first kappa shape index (κ1) is 26.2. The first-order valence-electron chi connectivity index (χ1n) is 8.36. The molecule has 4 amide bonds. The van der Waals surface area contributed by atoms with E-state index in [-0.39, 0.29) is 0 Å². The van der Waals surface area contributed by atoms with Crippen molar-refractivity contribution in [1.29, 1.82) is 0 Å². The molecule has 0 fully saturated rings. The van der Waals surface area contributed by atoms with Gasteiger partial charge in [0.2, 0.25) is 23.6 Å². The van der Waals surface area contributed by atoms with Gasteiger partial charge >= 0.3 is 17.9 Å². The van der Waals surface area contributed by atoms with Crippen LogP contribution in [0.3, 0.4) is 0 Å². The number of primary amides is 1. The van der Waals surface area contributed by atoms with E-state index < -0.39 is 85.0 Å². The fourth-order valence-corrected chi connectivity index (χ4v) is 2.02. The second-order valence-electron chi connectivity index (χ2n) is 6.18. The molecule has 4 atom stereocenters. The maximum atomic E-state index is 12.3. The predicted octanol–water partition coefficient (Wildman–Crippen LogP) is -4.30. The lowest BCUT2D eigenvalue weighted by Gasteiger charge is -2.23. The van der Waals surface area contributed by atoms with Crippen LogP contribution in [0.1, 0.15) is 26.2 Å². The monoisotopic (exact) mass is 433 g/mol. The fraction of sp³-hybridized carbons (Fsp3) is 0.533. The third kappa shape index (κ3) is 9.98. The average Bonchev–Trinajstić information content (AvgIpc) is 2.58. The van der Waals surface area contributed by atoms with E-state index in [1.54, 1.807) is 0 Å². The number of amides is 4. The van der Waals surface area contributed by atoms with Crippen LogP contribution in [0.25, 0.3) is 0 Å². The molecule has 0 spiro atoms. The highest BCUT2D eigenvalue weighted by Gasteiger charge is 2.32. The number of carbonyl (C=O) groups is 7. The maximum Gasteiger partial charge on any atom is 0.326 e. The van der Waals surface area contributed by atoms with Gasteiger partial charge in [-0.1, -0.05) is 0 Å². The summed E-state index contributed by atoms with van der Waals surface area (Å²) in [7, 11) is 0. The minimum atomic E-state index is -1.85. The van der Waals surface area contributed by atoms with E-state index in [9.17, 15) is 33.6 Å². The quantitative estimate of drug-likeness (QED) is 0.137. The molecule has 30 heavy (non-hydrogen) atoms. The minimum Gasteiger partial charge on any atom is -0.481 e. The number of aliphatic carboxylic acids is 3. The molecule has 0 aliphatic carbocycles. The van der Waals surface area contributed by atoms with E-state index in [1.807, 2.05) is 16.0 Å². The Morgan fingerprint density at radius 3 is 1.37 bits per heavy atom. The number of carbonyl (C=O) groups excluding carboxylic acids is 4. The van der Waals surface area contributed by atoms with Crippen LogP contribution in [0.15, 0.2) is 0 Å². The van der Waals surface area contributed by atoms with E-state index in [4.69, 9.17) is 26.8 Å². The van der Waals surface area contributed by atoms with Crippen LogP contribution < -0.4 is 27.4 Å². The highest BCUT2D eigenvalue weighted by Crippen LogP contribution is 2.01. The summed E-state index contributed by atoms with van der Waals surface area (Å²) in [5, 5.41) is 32.7. The maximum absolute atomic E-state index is 12.3. The van der Waals surface area contributed by atoms with Crippen molar-refractivity contribution < 1.29 is 48.9 Å². The number of hydrogen-bond donors (Lipinski definition) is 8. The van der Waals surface area contributed by atoms with Crippen molar-refractivity contribution in [2.24, 2.45) is 11.5 Å². The predicted molar refractivity (Wildman–Crippen MR) is 95.4 cm³/mol. The molecule has 0 aromatic heterocycles. The number of rotatable bonds is 13. The second-order valence-corrected chi connectivity index (χ2v) is 6.18. The summed E-state index contributed by atoms with van der Waals surface area (Å²) >= 11 is 0. The lowest BCUT2D eigenvalue weighted by Crippen LogP contribution is -2.57. The van der Waals surface area contributed by atoms with Gasteiger partial charge in [-0.25, -0.2) is 4.79 Å². The summed E-state index contributed by atoms with van der Waals surface area (Å²) in [4.78, 5) is 80.2. The van der Waals surface area contributed by atoms with Crippen LogP contribution in [-0.4, -0.2) is 81.0 Å². The molecule has 0 radical (unpaired) electrons. The van der Waals surface area contributed by atoms with Crippen molar-refractivity contribution in [3.8, 4) is 0 Å². The summed E-state index contributed by atoms with van der Waals surface area (Å²) < 4.78 is 0. The molecule has 0 aliphatic rings. The summed E-state index contributed by atoms with van der Waals surface area (Å²) in [6, 6.07) is -6.45. The van der Waals surface area contributed by atoms with Crippen LogP contribution in [0, 0.1) is 0 Å². The molecular weight excluding hydrogens is 410 g/mol. The molecule has 0 bridgehead atoms.